The van der Waals surface area contributed by atoms with E-state index in [4.69, 9.17) is 0 Å². The molecule has 6 rings (SSSR count). The first-order valence-electron chi connectivity index (χ1n) is 10.4. The molecule has 142 valence electrons. The molecular formula is C23H29N3O. The number of hydrogen-bond donors (Lipinski definition) is 1. The molecule has 2 aromatic rings. The van der Waals surface area contributed by atoms with Crippen molar-refractivity contribution >= 4 is 5.91 Å². The zero-order valence-electron chi connectivity index (χ0n) is 16.3. The number of nitrogens with zero attached hydrogens (tertiary/aromatic N) is 2. The molecule has 1 unspecified atom stereocenters. The predicted octanol–water partition coefficient (Wildman–Crippen LogP) is 4.52. The molecule has 1 aromatic heterocycles. The summed E-state index contributed by atoms with van der Waals surface area (Å²) in [5.41, 5.74) is 2.91. The van der Waals surface area contributed by atoms with Gasteiger partial charge < -0.3 is 5.32 Å². The van der Waals surface area contributed by atoms with Crippen LogP contribution in [0.4, 0.5) is 0 Å². The molecule has 1 atom stereocenters. The average Bonchev–Trinajstić information content (AvgIpc) is 3.03. The Bertz CT molecular complexity index is 818. The largest absolute Gasteiger partial charge is 0.349 e. The molecular weight excluding hydrogens is 334 g/mol. The van der Waals surface area contributed by atoms with Crippen molar-refractivity contribution in [1.29, 1.82) is 0 Å². The van der Waals surface area contributed by atoms with Crippen molar-refractivity contribution in [1.82, 2.24) is 15.1 Å². The standard InChI is InChI=1S/C23H29N3O/c1-15-21(14-24-26(15)20-6-4-3-5-7-20)22(27)25-16(2)23-11-17-8-18(12-23)10-19(9-17)13-23/h3-7,14,16-19H,8-13H2,1-2H3,(H,25,27). The third-order valence-electron chi connectivity index (χ3n) is 7.61. The van der Waals surface area contributed by atoms with Crippen LogP contribution in [-0.2, 0) is 0 Å². The number of hydrogen-bond acceptors (Lipinski definition) is 2. The molecule has 4 nitrogen and oxygen atoms in total. The third kappa shape index (κ3) is 2.81. The van der Waals surface area contributed by atoms with Crippen molar-refractivity contribution in [2.45, 2.75) is 58.4 Å². The van der Waals surface area contributed by atoms with E-state index < -0.39 is 0 Å². The summed E-state index contributed by atoms with van der Waals surface area (Å²) in [5.74, 6) is 2.73. The summed E-state index contributed by atoms with van der Waals surface area (Å²) in [6.45, 7) is 4.21. The van der Waals surface area contributed by atoms with E-state index in [1.165, 1.54) is 38.5 Å². The van der Waals surface area contributed by atoms with Crippen molar-refractivity contribution in [3.63, 3.8) is 0 Å². The zero-order valence-corrected chi connectivity index (χ0v) is 16.3. The van der Waals surface area contributed by atoms with Gasteiger partial charge in [-0.15, -0.1) is 0 Å². The number of para-hydroxylation sites is 1. The second kappa shape index (κ2) is 6.22. The van der Waals surface area contributed by atoms with E-state index in [2.05, 4.69) is 17.3 Å². The number of nitrogens with one attached hydrogen (secondary N) is 1. The smallest absolute Gasteiger partial charge is 0.254 e. The molecule has 4 fully saturated rings. The SMILES string of the molecule is Cc1c(C(=O)NC(C)C23CC4CC(CC(C4)C2)C3)cnn1-c1ccccc1. The molecule has 1 heterocycles. The summed E-state index contributed by atoms with van der Waals surface area (Å²) in [5, 5.41) is 7.83. The molecule has 0 radical (unpaired) electrons. The molecule has 1 amide bonds. The maximum absolute atomic E-state index is 13.0. The fourth-order valence-corrected chi connectivity index (χ4v) is 6.60. The Morgan fingerprint density at radius 3 is 2.30 bits per heavy atom. The van der Waals surface area contributed by atoms with Crippen molar-refractivity contribution in [2.75, 3.05) is 0 Å². The van der Waals surface area contributed by atoms with E-state index in [0.717, 1.165) is 29.1 Å². The lowest BCUT2D eigenvalue weighted by atomic mass is 9.48. The minimum Gasteiger partial charge on any atom is -0.349 e. The zero-order chi connectivity index (χ0) is 18.6. The first kappa shape index (κ1) is 17.0. The Hall–Kier alpha value is -2.10. The number of amides is 1. The van der Waals surface area contributed by atoms with Crippen LogP contribution in [0.5, 0.6) is 0 Å². The fourth-order valence-electron chi connectivity index (χ4n) is 6.60. The van der Waals surface area contributed by atoms with E-state index in [1.54, 1.807) is 6.20 Å². The van der Waals surface area contributed by atoms with Gasteiger partial charge >= 0.3 is 0 Å². The molecule has 1 N–H and O–H groups in total. The Labute approximate surface area is 161 Å². The second-order valence-corrected chi connectivity index (χ2v) is 9.37. The Morgan fingerprint density at radius 2 is 1.70 bits per heavy atom. The van der Waals surface area contributed by atoms with Crippen LogP contribution in [0.3, 0.4) is 0 Å². The van der Waals surface area contributed by atoms with Crippen molar-refractivity contribution in [2.24, 2.45) is 23.2 Å². The van der Waals surface area contributed by atoms with Gasteiger partial charge in [0.2, 0.25) is 0 Å². The number of aromatic nitrogens is 2. The van der Waals surface area contributed by atoms with Gasteiger partial charge in [-0.2, -0.15) is 5.10 Å². The summed E-state index contributed by atoms with van der Waals surface area (Å²) in [7, 11) is 0. The van der Waals surface area contributed by atoms with Crippen molar-refractivity contribution in [3.8, 4) is 5.69 Å². The van der Waals surface area contributed by atoms with Gasteiger partial charge in [0.1, 0.15) is 0 Å². The summed E-state index contributed by atoms with van der Waals surface area (Å²) in [6, 6.07) is 10.2. The van der Waals surface area contributed by atoms with Gasteiger partial charge in [0.15, 0.2) is 0 Å². The van der Waals surface area contributed by atoms with Crippen molar-refractivity contribution < 1.29 is 4.79 Å². The molecule has 27 heavy (non-hydrogen) atoms. The number of carbonyl (C=O) groups excluding carboxylic acids is 1. The molecule has 4 bridgehead atoms. The maximum Gasteiger partial charge on any atom is 0.254 e. The predicted molar refractivity (Wildman–Crippen MR) is 106 cm³/mol. The lowest BCUT2D eigenvalue weighted by molar-refractivity contribution is -0.0688. The fraction of sp³-hybridized carbons (Fsp3) is 0.565. The molecule has 0 saturated heterocycles. The highest BCUT2D eigenvalue weighted by molar-refractivity contribution is 5.95. The van der Waals surface area contributed by atoms with Gasteiger partial charge in [-0.3, -0.25) is 4.79 Å². The van der Waals surface area contributed by atoms with Crippen LogP contribution in [0.25, 0.3) is 5.69 Å². The molecule has 1 aromatic carbocycles. The topological polar surface area (TPSA) is 46.9 Å². The Balaban J connectivity index is 1.35. The summed E-state index contributed by atoms with van der Waals surface area (Å²) < 4.78 is 1.85. The second-order valence-electron chi connectivity index (χ2n) is 9.37. The van der Waals surface area contributed by atoms with Gasteiger partial charge in [-0.25, -0.2) is 4.68 Å². The van der Waals surface area contributed by atoms with Crippen LogP contribution in [0.2, 0.25) is 0 Å². The van der Waals surface area contributed by atoms with Crippen LogP contribution < -0.4 is 5.32 Å². The Morgan fingerprint density at radius 1 is 1.11 bits per heavy atom. The van der Waals surface area contributed by atoms with Gasteiger partial charge in [0.05, 0.1) is 23.1 Å². The highest BCUT2D eigenvalue weighted by atomic mass is 16.1. The van der Waals surface area contributed by atoms with E-state index in [9.17, 15) is 4.79 Å². The van der Waals surface area contributed by atoms with Crippen LogP contribution in [-0.4, -0.2) is 21.7 Å². The van der Waals surface area contributed by atoms with Gasteiger partial charge in [0.25, 0.3) is 5.91 Å². The van der Waals surface area contributed by atoms with Gasteiger partial charge in [-0.05, 0) is 87.7 Å². The molecule has 4 aliphatic carbocycles. The lowest BCUT2D eigenvalue weighted by Crippen LogP contribution is -2.55. The first-order chi connectivity index (χ1) is 13.0. The number of rotatable bonds is 4. The average molecular weight is 364 g/mol. The number of benzene rings is 1. The molecule has 0 aliphatic heterocycles. The quantitative estimate of drug-likeness (QED) is 0.868. The first-order valence-corrected chi connectivity index (χ1v) is 10.4. The summed E-state index contributed by atoms with van der Waals surface area (Å²) >= 11 is 0. The van der Waals surface area contributed by atoms with Crippen LogP contribution >= 0.6 is 0 Å². The van der Waals surface area contributed by atoms with E-state index >= 15 is 0 Å². The minimum absolute atomic E-state index is 0.0259. The Kier molecular flexibility index (Phi) is 3.92. The minimum atomic E-state index is 0.0259. The highest BCUT2D eigenvalue weighted by Crippen LogP contribution is 2.61. The molecule has 4 aliphatic rings. The lowest BCUT2D eigenvalue weighted by Gasteiger charge is -2.59. The number of carbonyl (C=O) groups is 1. The van der Waals surface area contributed by atoms with E-state index in [0.29, 0.717) is 11.0 Å². The van der Waals surface area contributed by atoms with Gasteiger partial charge in [0, 0.05) is 6.04 Å². The maximum atomic E-state index is 13.0. The summed E-state index contributed by atoms with van der Waals surface area (Å²) in [4.78, 5) is 13.0. The van der Waals surface area contributed by atoms with Crippen LogP contribution in [0.15, 0.2) is 36.5 Å². The van der Waals surface area contributed by atoms with Crippen LogP contribution in [0, 0.1) is 30.1 Å². The van der Waals surface area contributed by atoms with Gasteiger partial charge in [-0.1, -0.05) is 18.2 Å². The van der Waals surface area contributed by atoms with Crippen LogP contribution in [0.1, 0.15) is 61.5 Å². The molecule has 0 spiro atoms. The molecule has 4 heteroatoms. The van der Waals surface area contributed by atoms with Crippen molar-refractivity contribution in [3.05, 3.63) is 47.8 Å². The normalized spacial score (nSPS) is 32.4. The third-order valence-corrected chi connectivity index (χ3v) is 7.61. The van der Waals surface area contributed by atoms with E-state index in [1.807, 2.05) is 41.9 Å². The summed E-state index contributed by atoms with van der Waals surface area (Å²) in [6.07, 6.45) is 9.94. The molecule has 4 saturated carbocycles. The highest BCUT2D eigenvalue weighted by Gasteiger charge is 2.53. The van der Waals surface area contributed by atoms with E-state index in [-0.39, 0.29) is 11.9 Å². The monoisotopic (exact) mass is 363 g/mol.